The number of hydrogen-bond acceptors (Lipinski definition) is 3. The lowest BCUT2D eigenvalue weighted by Gasteiger charge is -2.21. The van der Waals surface area contributed by atoms with E-state index in [2.05, 4.69) is 206 Å². The van der Waals surface area contributed by atoms with Crippen LogP contribution >= 0.6 is 0 Å². The number of furan rings is 1. The van der Waals surface area contributed by atoms with E-state index in [1.807, 2.05) is 6.07 Å². The summed E-state index contributed by atoms with van der Waals surface area (Å²) < 4.78 is 9.38. The van der Waals surface area contributed by atoms with Crippen LogP contribution in [0, 0.1) is 5.92 Å². The maximum absolute atomic E-state index is 6.97. The molecule has 9 aromatic carbocycles. The van der Waals surface area contributed by atoms with E-state index in [4.69, 9.17) is 14.4 Å². The minimum absolute atomic E-state index is 0.0848. The summed E-state index contributed by atoms with van der Waals surface area (Å²) in [5, 5.41) is 9.32. The van der Waals surface area contributed by atoms with Gasteiger partial charge >= 0.3 is 0 Å². The monoisotopic (exact) mass is 781 g/mol. The van der Waals surface area contributed by atoms with Gasteiger partial charge in [0.05, 0.1) is 28.1 Å². The molecule has 4 nitrogen and oxygen atoms in total. The van der Waals surface area contributed by atoms with E-state index >= 15 is 0 Å². The summed E-state index contributed by atoms with van der Waals surface area (Å²) in [6.07, 6.45) is 3.07. The second-order valence-corrected chi connectivity index (χ2v) is 16.1. The second-order valence-electron chi connectivity index (χ2n) is 16.1. The van der Waals surface area contributed by atoms with Crippen molar-refractivity contribution in [3.8, 4) is 16.8 Å². The lowest BCUT2D eigenvalue weighted by Crippen LogP contribution is -2.17. The van der Waals surface area contributed by atoms with Gasteiger partial charge in [0.25, 0.3) is 0 Å². The molecule has 0 spiro atoms. The van der Waals surface area contributed by atoms with E-state index in [1.165, 1.54) is 32.3 Å². The minimum atomic E-state index is 0.0848. The van der Waals surface area contributed by atoms with Gasteiger partial charge in [-0.2, -0.15) is 0 Å². The van der Waals surface area contributed by atoms with Crippen molar-refractivity contribution in [2.24, 2.45) is 15.9 Å². The average Bonchev–Trinajstić information content (AvgIpc) is 3.85. The van der Waals surface area contributed by atoms with Crippen molar-refractivity contribution in [1.82, 2.24) is 4.57 Å². The van der Waals surface area contributed by atoms with E-state index in [1.54, 1.807) is 0 Å². The highest BCUT2D eigenvalue weighted by molar-refractivity contribution is 6.20. The number of aliphatic imine (C=N–C) groups is 2. The summed E-state index contributed by atoms with van der Waals surface area (Å²) in [4.78, 5) is 11.3. The molecular weight excluding hydrogens is 743 g/mol. The van der Waals surface area contributed by atoms with Crippen LogP contribution in [-0.2, 0) is 0 Å². The molecule has 1 aliphatic rings. The lowest BCUT2D eigenvalue weighted by atomic mass is 9.90. The Kier molecular flexibility index (Phi) is 8.17. The average molecular weight is 782 g/mol. The molecule has 0 aliphatic carbocycles. The van der Waals surface area contributed by atoms with Crippen LogP contribution in [0.3, 0.4) is 0 Å². The Morgan fingerprint density at radius 1 is 0.475 bits per heavy atom. The zero-order chi connectivity index (χ0) is 40.4. The standard InChI is InChI=1S/C57H39N3O/c1-36-29-32-50(58-57(42-22-13-21-39(33-42)37-15-3-2-4-16-37)59-54(36)46-26-14-20-38-17-7-8-23-43(38)46)48-31-30-47-45-25-10-12-28-53(45)61-56(47)55(48)60-51-27-11-9-24-44(51)49-34-40-18-5-6-19-41(40)35-52(49)60/h2-28,30-36H,29H2,1H3/b50-32+,58-57-,59-54+. The first kappa shape index (κ1) is 35.2. The highest BCUT2D eigenvalue weighted by atomic mass is 16.3. The number of rotatable bonds is 5. The number of allylic oxidation sites excluding steroid dienone is 1. The molecule has 4 heteroatoms. The van der Waals surface area contributed by atoms with E-state index in [9.17, 15) is 0 Å². The number of aromatic nitrogens is 1. The zero-order valence-corrected chi connectivity index (χ0v) is 33.6. The van der Waals surface area contributed by atoms with Gasteiger partial charge in [0.1, 0.15) is 5.58 Å². The predicted octanol–water partition coefficient (Wildman–Crippen LogP) is 15.0. The molecule has 0 N–H and O–H groups in total. The number of para-hydroxylation sites is 2. The smallest absolute Gasteiger partial charge is 0.160 e. The van der Waals surface area contributed by atoms with Crippen LogP contribution in [0.15, 0.2) is 215 Å². The minimum Gasteiger partial charge on any atom is -0.454 e. The van der Waals surface area contributed by atoms with Crippen LogP contribution in [0.4, 0.5) is 0 Å². The first-order valence-electron chi connectivity index (χ1n) is 21.0. The SMILES string of the molecule is CC1C/C=C(c2ccc3c(oc4ccccc43)c2-n2c3ccccc3c3cc4ccccc4cc32)/N=C(c2cccc(-c3ccccc3)c2)\N=C/1c1cccc2ccccc12. The molecule has 1 unspecified atom stereocenters. The van der Waals surface area contributed by atoms with Gasteiger partial charge in [-0.05, 0) is 81.6 Å². The van der Waals surface area contributed by atoms with E-state index in [0.29, 0.717) is 5.84 Å². The molecule has 0 amide bonds. The highest BCUT2D eigenvalue weighted by Gasteiger charge is 2.26. The summed E-state index contributed by atoms with van der Waals surface area (Å²) in [6, 6.07) is 69.1. The maximum Gasteiger partial charge on any atom is 0.160 e. The molecule has 0 radical (unpaired) electrons. The van der Waals surface area contributed by atoms with Crippen molar-refractivity contribution < 1.29 is 4.42 Å². The van der Waals surface area contributed by atoms with Gasteiger partial charge in [-0.15, -0.1) is 0 Å². The van der Waals surface area contributed by atoms with Crippen molar-refractivity contribution in [2.45, 2.75) is 13.3 Å². The van der Waals surface area contributed by atoms with Crippen molar-refractivity contribution in [1.29, 1.82) is 0 Å². The van der Waals surface area contributed by atoms with Gasteiger partial charge in [0.15, 0.2) is 11.4 Å². The molecule has 12 rings (SSSR count). The normalized spacial score (nSPS) is 17.3. The second kappa shape index (κ2) is 14.2. The third-order valence-electron chi connectivity index (χ3n) is 12.4. The molecule has 3 heterocycles. The largest absolute Gasteiger partial charge is 0.454 e. The number of amidine groups is 1. The highest BCUT2D eigenvalue weighted by Crippen LogP contribution is 2.43. The molecule has 0 saturated heterocycles. The summed E-state index contributed by atoms with van der Waals surface area (Å²) in [7, 11) is 0. The fraction of sp³-hybridized carbons (Fsp3) is 0.0526. The lowest BCUT2D eigenvalue weighted by molar-refractivity contribution is 0.666. The molecule has 1 atom stereocenters. The number of hydrogen-bond donors (Lipinski definition) is 0. The van der Waals surface area contributed by atoms with Crippen molar-refractivity contribution >= 4 is 82.5 Å². The van der Waals surface area contributed by atoms with E-state index < -0.39 is 0 Å². The van der Waals surface area contributed by atoms with Crippen molar-refractivity contribution in [3.63, 3.8) is 0 Å². The third-order valence-corrected chi connectivity index (χ3v) is 12.4. The third kappa shape index (κ3) is 5.83. The number of fused-ring (bicyclic) bond motifs is 8. The van der Waals surface area contributed by atoms with E-state index in [-0.39, 0.29) is 5.92 Å². The Morgan fingerprint density at radius 3 is 2.02 bits per heavy atom. The van der Waals surface area contributed by atoms with Gasteiger partial charge < -0.3 is 8.98 Å². The Labute approximate surface area is 353 Å². The van der Waals surface area contributed by atoms with Gasteiger partial charge in [0.2, 0.25) is 0 Å². The molecule has 11 aromatic rings. The van der Waals surface area contributed by atoms with Crippen LogP contribution in [0.5, 0.6) is 0 Å². The van der Waals surface area contributed by atoms with Crippen LogP contribution in [0.2, 0.25) is 0 Å². The van der Waals surface area contributed by atoms with E-state index in [0.717, 1.165) is 84.3 Å². The number of benzene rings is 9. The molecule has 288 valence electrons. The summed E-state index contributed by atoms with van der Waals surface area (Å²) >= 11 is 0. The molecule has 0 fully saturated rings. The van der Waals surface area contributed by atoms with Crippen LogP contribution in [0.1, 0.15) is 30.0 Å². The molecule has 0 saturated carbocycles. The fourth-order valence-corrected chi connectivity index (χ4v) is 9.45. The Balaban J connectivity index is 1.16. The molecular formula is C57H39N3O. The van der Waals surface area contributed by atoms with Crippen LogP contribution in [-0.4, -0.2) is 16.1 Å². The topological polar surface area (TPSA) is 42.8 Å². The summed E-state index contributed by atoms with van der Waals surface area (Å²) in [6.45, 7) is 2.29. The zero-order valence-electron chi connectivity index (χ0n) is 33.6. The van der Waals surface area contributed by atoms with Crippen molar-refractivity contribution in [3.05, 3.63) is 217 Å². The summed E-state index contributed by atoms with van der Waals surface area (Å²) in [5.74, 6) is 0.754. The van der Waals surface area contributed by atoms with Gasteiger partial charge in [0, 0.05) is 44.2 Å². The first-order valence-corrected chi connectivity index (χ1v) is 21.0. The maximum atomic E-state index is 6.97. The van der Waals surface area contributed by atoms with Crippen LogP contribution < -0.4 is 0 Å². The molecule has 61 heavy (non-hydrogen) atoms. The first-order chi connectivity index (χ1) is 30.2. The fourth-order valence-electron chi connectivity index (χ4n) is 9.45. The van der Waals surface area contributed by atoms with Crippen LogP contribution in [0.25, 0.3) is 87.8 Å². The molecule has 0 bridgehead atoms. The molecule has 1 aliphatic heterocycles. The summed E-state index contributed by atoms with van der Waals surface area (Å²) in [5.41, 5.74) is 12.1. The van der Waals surface area contributed by atoms with Gasteiger partial charge in [-0.3, -0.25) is 0 Å². The predicted molar refractivity (Wildman–Crippen MR) is 256 cm³/mol. The Morgan fingerprint density at radius 2 is 1.15 bits per heavy atom. The quantitative estimate of drug-likeness (QED) is 0.171. The van der Waals surface area contributed by atoms with Crippen molar-refractivity contribution in [2.75, 3.05) is 0 Å². The number of nitrogens with zero attached hydrogens (tertiary/aromatic N) is 3. The van der Waals surface area contributed by atoms with Gasteiger partial charge in [-0.25, -0.2) is 9.98 Å². The Hall–Kier alpha value is -7.82. The Bertz CT molecular complexity index is 3630. The van der Waals surface area contributed by atoms with Gasteiger partial charge in [-0.1, -0.05) is 165 Å². The molecule has 2 aromatic heterocycles.